The summed E-state index contributed by atoms with van der Waals surface area (Å²) >= 11 is 0. The second-order valence-corrected chi connectivity index (χ2v) is 7.16. The summed E-state index contributed by atoms with van der Waals surface area (Å²) in [5.74, 6) is 0. The average Bonchev–Trinajstić information content (AvgIpc) is 2.95. The van der Waals surface area contributed by atoms with Crippen LogP contribution in [0.4, 0.5) is 0 Å². The highest BCUT2D eigenvalue weighted by molar-refractivity contribution is 5.95. The van der Waals surface area contributed by atoms with Gasteiger partial charge >= 0.3 is 0 Å². The van der Waals surface area contributed by atoms with Crippen molar-refractivity contribution in [3.63, 3.8) is 0 Å². The highest BCUT2D eigenvalue weighted by atomic mass is 35.5. The molecule has 0 unspecified atom stereocenters. The SMILES string of the molecule is C=Cc1ccc(-c2nccc3c(C)c(C)n(Cc4ccc(C)cc4)c23)cc1.Cl. The minimum absolute atomic E-state index is 0. The van der Waals surface area contributed by atoms with Gasteiger partial charge in [-0.1, -0.05) is 66.7 Å². The average molecular weight is 389 g/mol. The number of hydrogen-bond donors (Lipinski definition) is 0. The quantitative estimate of drug-likeness (QED) is 0.378. The lowest BCUT2D eigenvalue weighted by Gasteiger charge is -2.12. The van der Waals surface area contributed by atoms with Gasteiger partial charge in [0.25, 0.3) is 0 Å². The van der Waals surface area contributed by atoms with Crippen LogP contribution < -0.4 is 0 Å². The van der Waals surface area contributed by atoms with E-state index in [2.05, 4.69) is 86.5 Å². The van der Waals surface area contributed by atoms with Gasteiger partial charge in [-0.25, -0.2) is 0 Å². The molecule has 4 rings (SSSR count). The zero-order valence-corrected chi connectivity index (χ0v) is 17.4. The number of rotatable bonds is 4. The molecule has 0 atom stereocenters. The van der Waals surface area contributed by atoms with E-state index < -0.39 is 0 Å². The predicted octanol–water partition coefficient (Wildman–Crippen LogP) is 6.74. The number of hydrogen-bond acceptors (Lipinski definition) is 1. The zero-order valence-electron chi connectivity index (χ0n) is 16.6. The molecule has 28 heavy (non-hydrogen) atoms. The predicted molar refractivity (Wildman–Crippen MR) is 122 cm³/mol. The molecule has 0 N–H and O–H groups in total. The molecule has 0 fully saturated rings. The molecule has 0 aliphatic carbocycles. The van der Waals surface area contributed by atoms with E-state index in [1.54, 1.807) is 0 Å². The third-order valence-electron chi connectivity index (χ3n) is 5.43. The molecule has 4 aromatic rings. The van der Waals surface area contributed by atoms with E-state index in [1.165, 1.54) is 33.3 Å². The van der Waals surface area contributed by atoms with E-state index in [1.807, 2.05) is 12.3 Å². The van der Waals surface area contributed by atoms with Crippen LogP contribution in [0.1, 0.15) is 27.9 Å². The zero-order chi connectivity index (χ0) is 19.0. The third-order valence-corrected chi connectivity index (χ3v) is 5.43. The monoisotopic (exact) mass is 388 g/mol. The number of fused-ring (bicyclic) bond motifs is 1. The molecular weight excluding hydrogens is 364 g/mol. The first-order chi connectivity index (χ1) is 13.1. The standard InChI is InChI=1S/C25H24N2.ClH/c1-5-20-10-12-22(13-11-20)24-25-23(14-15-26-24)18(3)19(4)27(25)16-21-8-6-17(2)7-9-21;/h5-15H,1,16H2,2-4H3;1H. The van der Waals surface area contributed by atoms with Crippen LogP contribution in [0.5, 0.6) is 0 Å². The fraction of sp³-hybridized carbons (Fsp3) is 0.160. The van der Waals surface area contributed by atoms with E-state index >= 15 is 0 Å². The Bertz CT molecular complexity index is 1120. The minimum atomic E-state index is 0. The van der Waals surface area contributed by atoms with Crippen molar-refractivity contribution in [2.24, 2.45) is 0 Å². The number of nitrogens with zero attached hydrogens (tertiary/aromatic N) is 2. The fourth-order valence-corrected chi connectivity index (χ4v) is 3.66. The number of benzene rings is 2. The van der Waals surface area contributed by atoms with Crippen molar-refractivity contribution in [3.8, 4) is 11.3 Å². The van der Waals surface area contributed by atoms with Crippen LogP contribution in [-0.4, -0.2) is 9.55 Å². The Labute approximate surface area is 173 Å². The van der Waals surface area contributed by atoms with Gasteiger partial charge in [0.05, 0.1) is 11.2 Å². The first kappa shape index (κ1) is 19.9. The van der Waals surface area contributed by atoms with Gasteiger partial charge < -0.3 is 4.57 Å². The van der Waals surface area contributed by atoms with E-state index in [0.29, 0.717) is 0 Å². The van der Waals surface area contributed by atoms with Crippen LogP contribution in [0.25, 0.3) is 28.2 Å². The Hall–Kier alpha value is -2.84. The summed E-state index contributed by atoms with van der Waals surface area (Å²) in [4.78, 5) is 4.76. The molecule has 0 saturated heterocycles. The molecule has 2 aromatic heterocycles. The largest absolute Gasteiger partial charge is 0.338 e. The van der Waals surface area contributed by atoms with Crippen LogP contribution in [0.2, 0.25) is 0 Å². The second kappa shape index (κ2) is 8.04. The molecule has 2 heterocycles. The Morgan fingerprint density at radius 2 is 1.61 bits per heavy atom. The van der Waals surface area contributed by atoms with E-state index in [0.717, 1.165) is 23.4 Å². The maximum Gasteiger partial charge on any atom is 0.0945 e. The summed E-state index contributed by atoms with van der Waals surface area (Å²) in [6.07, 6.45) is 3.79. The molecule has 2 aromatic carbocycles. The van der Waals surface area contributed by atoms with Crippen molar-refractivity contribution in [2.75, 3.05) is 0 Å². The van der Waals surface area contributed by atoms with E-state index in [9.17, 15) is 0 Å². The van der Waals surface area contributed by atoms with Crippen LogP contribution in [-0.2, 0) is 6.54 Å². The highest BCUT2D eigenvalue weighted by Gasteiger charge is 2.16. The number of halogens is 1. The van der Waals surface area contributed by atoms with Crippen molar-refractivity contribution in [1.29, 1.82) is 0 Å². The lowest BCUT2D eigenvalue weighted by atomic mass is 10.1. The van der Waals surface area contributed by atoms with Crippen LogP contribution in [0.15, 0.2) is 67.4 Å². The Balaban J connectivity index is 0.00000225. The van der Waals surface area contributed by atoms with Crippen molar-refractivity contribution < 1.29 is 0 Å². The van der Waals surface area contributed by atoms with Gasteiger partial charge in [-0.2, -0.15) is 0 Å². The normalized spacial score (nSPS) is 10.7. The number of aryl methyl sites for hydroxylation is 2. The molecule has 0 radical (unpaired) electrons. The summed E-state index contributed by atoms with van der Waals surface area (Å²) in [5.41, 5.74) is 9.70. The first-order valence-electron chi connectivity index (χ1n) is 9.31. The van der Waals surface area contributed by atoms with Crippen molar-refractivity contribution in [3.05, 3.63) is 95.3 Å². The van der Waals surface area contributed by atoms with Gasteiger partial charge in [0.1, 0.15) is 0 Å². The Kier molecular flexibility index (Phi) is 5.71. The number of aromatic nitrogens is 2. The summed E-state index contributed by atoms with van der Waals surface area (Å²) in [5, 5.41) is 1.28. The molecule has 0 aliphatic heterocycles. The topological polar surface area (TPSA) is 17.8 Å². The Morgan fingerprint density at radius 1 is 0.929 bits per heavy atom. The van der Waals surface area contributed by atoms with Crippen LogP contribution in [0, 0.1) is 20.8 Å². The van der Waals surface area contributed by atoms with Crippen molar-refractivity contribution >= 4 is 29.4 Å². The van der Waals surface area contributed by atoms with Gasteiger partial charge in [-0.05, 0) is 43.5 Å². The van der Waals surface area contributed by atoms with Crippen LogP contribution >= 0.6 is 12.4 Å². The van der Waals surface area contributed by atoms with Crippen LogP contribution in [0.3, 0.4) is 0 Å². The molecule has 0 bridgehead atoms. The lowest BCUT2D eigenvalue weighted by Crippen LogP contribution is -2.03. The Morgan fingerprint density at radius 3 is 2.25 bits per heavy atom. The maximum absolute atomic E-state index is 4.76. The number of pyridine rings is 1. The van der Waals surface area contributed by atoms with Gasteiger partial charge in [-0.3, -0.25) is 4.98 Å². The molecule has 0 amide bonds. The molecule has 0 saturated carbocycles. The van der Waals surface area contributed by atoms with Gasteiger partial charge in [0, 0.05) is 29.4 Å². The minimum Gasteiger partial charge on any atom is -0.338 e. The van der Waals surface area contributed by atoms with Gasteiger partial charge in [0.15, 0.2) is 0 Å². The maximum atomic E-state index is 4.76. The van der Waals surface area contributed by atoms with E-state index in [4.69, 9.17) is 4.98 Å². The second-order valence-electron chi connectivity index (χ2n) is 7.16. The van der Waals surface area contributed by atoms with Gasteiger partial charge in [0.2, 0.25) is 0 Å². The molecular formula is C25H25ClN2. The summed E-state index contributed by atoms with van der Waals surface area (Å²) in [6.45, 7) is 11.2. The summed E-state index contributed by atoms with van der Waals surface area (Å²) in [7, 11) is 0. The molecule has 3 heteroatoms. The molecule has 142 valence electrons. The first-order valence-corrected chi connectivity index (χ1v) is 9.31. The smallest absolute Gasteiger partial charge is 0.0945 e. The third kappa shape index (κ3) is 3.48. The molecule has 0 aliphatic rings. The molecule has 0 spiro atoms. The van der Waals surface area contributed by atoms with Crippen molar-refractivity contribution in [2.45, 2.75) is 27.3 Å². The lowest BCUT2D eigenvalue weighted by molar-refractivity contribution is 0.800. The van der Waals surface area contributed by atoms with Crippen molar-refractivity contribution in [1.82, 2.24) is 9.55 Å². The molecule has 2 nitrogen and oxygen atoms in total. The summed E-state index contributed by atoms with van der Waals surface area (Å²) < 4.78 is 2.40. The van der Waals surface area contributed by atoms with E-state index in [-0.39, 0.29) is 12.4 Å². The summed E-state index contributed by atoms with van der Waals surface area (Å²) in [6, 6.07) is 19.4. The highest BCUT2D eigenvalue weighted by Crippen LogP contribution is 2.33. The van der Waals surface area contributed by atoms with Gasteiger partial charge in [-0.15, -0.1) is 12.4 Å². The fourth-order valence-electron chi connectivity index (χ4n) is 3.66.